The Bertz CT molecular complexity index is 457. The van der Waals surface area contributed by atoms with E-state index < -0.39 is 4.92 Å². The van der Waals surface area contributed by atoms with Crippen molar-refractivity contribution >= 4 is 11.4 Å². The first-order chi connectivity index (χ1) is 9.99. The number of hydrogen-bond acceptors (Lipinski definition) is 5. The number of nitro benzene ring substituents is 1. The summed E-state index contributed by atoms with van der Waals surface area (Å²) in [5.74, 6) is 0.285. The molecule has 1 N–H and O–H groups in total. The zero-order valence-electron chi connectivity index (χ0n) is 13.1. The van der Waals surface area contributed by atoms with Crippen LogP contribution in [0.2, 0.25) is 0 Å². The Labute approximate surface area is 125 Å². The predicted octanol–water partition coefficient (Wildman–Crippen LogP) is 3.61. The maximum absolute atomic E-state index is 11.4. The number of ether oxygens (including phenoxy) is 2. The molecular formula is C15H24N2O4. The number of rotatable bonds is 9. The Morgan fingerprint density at radius 2 is 2.10 bits per heavy atom. The molecule has 0 saturated heterocycles. The molecule has 0 aromatic heterocycles. The number of nitrogens with one attached hydrogen (secondary N) is 1. The van der Waals surface area contributed by atoms with Crippen molar-refractivity contribution in [2.45, 2.75) is 45.8 Å². The van der Waals surface area contributed by atoms with E-state index in [1.54, 1.807) is 25.3 Å². The number of nitro groups is 1. The van der Waals surface area contributed by atoms with E-state index in [0.29, 0.717) is 12.3 Å². The van der Waals surface area contributed by atoms with Gasteiger partial charge in [-0.15, -0.1) is 0 Å². The first-order valence-electron chi connectivity index (χ1n) is 7.19. The van der Waals surface area contributed by atoms with Crippen LogP contribution in [0.15, 0.2) is 18.2 Å². The monoisotopic (exact) mass is 296 g/mol. The van der Waals surface area contributed by atoms with E-state index in [1.807, 2.05) is 13.8 Å². The lowest BCUT2D eigenvalue weighted by Crippen LogP contribution is -2.25. The number of anilines is 1. The summed E-state index contributed by atoms with van der Waals surface area (Å²) in [7, 11) is 1.62. The molecule has 0 fully saturated rings. The average molecular weight is 296 g/mol. The standard InChI is InChI=1S/C15H24N2O4/c1-5-7-12(10-20-4)16-13-8-6-9-14(21-11(2)3)15(13)17(18)19/h6,8-9,11-12,16H,5,7,10H2,1-4H3. The minimum absolute atomic E-state index is 0.0246. The van der Waals surface area contributed by atoms with Gasteiger partial charge in [0.2, 0.25) is 0 Å². The quantitative estimate of drug-likeness (QED) is 0.556. The van der Waals surface area contributed by atoms with Crippen LogP contribution in [0.1, 0.15) is 33.6 Å². The zero-order chi connectivity index (χ0) is 15.8. The third-order valence-electron chi connectivity index (χ3n) is 2.91. The normalized spacial score (nSPS) is 12.2. The highest BCUT2D eigenvalue weighted by Crippen LogP contribution is 2.35. The van der Waals surface area contributed by atoms with Crippen molar-refractivity contribution in [2.75, 3.05) is 19.0 Å². The molecular weight excluding hydrogens is 272 g/mol. The summed E-state index contributed by atoms with van der Waals surface area (Å²) in [5.41, 5.74) is 0.442. The maximum atomic E-state index is 11.4. The van der Waals surface area contributed by atoms with Crippen LogP contribution in [0.3, 0.4) is 0 Å². The van der Waals surface area contributed by atoms with Gasteiger partial charge in [-0.3, -0.25) is 10.1 Å². The Morgan fingerprint density at radius 1 is 1.38 bits per heavy atom. The van der Waals surface area contributed by atoms with E-state index in [1.165, 1.54) is 0 Å². The van der Waals surface area contributed by atoms with Gasteiger partial charge < -0.3 is 14.8 Å². The fourth-order valence-corrected chi connectivity index (χ4v) is 2.14. The molecule has 1 aromatic carbocycles. The minimum Gasteiger partial charge on any atom is -0.484 e. The molecule has 1 rings (SSSR count). The molecule has 0 bridgehead atoms. The SMILES string of the molecule is CCCC(COC)Nc1cccc(OC(C)C)c1[N+](=O)[O-]. The molecule has 0 spiro atoms. The van der Waals surface area contributed by atoms with Crippen molar-refractivity contribution in [3.8, 4) is 5.75 Å². The minimum atomic E-state index is -0.407. The number of para-hydroxylation sites is 1. The van der Waals surface area contributed by atoms with Crippen molar-refractivity contribution in [1.82, 2.24) is 0 Å². The summed E-state index contributed by atoms with van der Waals surface area (Å²) in [5, 5.41) is 14.6. The molecule has 0 saturated carbocycles. The summed E-state index contributed by atoms with van der Waals surface area (Å²) in [6.07, 6.45) is 1.72. The van der Waals surface area contributed by atoms with E-state index in [0.717, 1.165) is 12.8 Å². The molecule has 6 heteroatoms. The van der Waals surface area contributed by atoms with Crippen LogP contribution in [0.4, 0.5) is 11.4 Å². The maximum Gasteiger partial charge on any atom is 0.333 e. The van der Waals surface area contributed by atoms with Gasteiger partial charge in [-0.05, 0) is 32.4 Å². The highest BCUT2D eigenvalue weighted by molar-refractivity contribution is 5.68. The van der Waals surface area contributed by atoms with E-state index >= 15 is 0 Å². The lowest BCUT2D eigenvalue weighted by molar-refractivity contribution is -0.385. The fraction of sp³-hybridized carbons (Fsp3) is 0.600. The Hall–Kier alpha value is -1.82. The molecule has 118 valence electrons. The van der Waals surface area contributed by atoms with Gasteiger partial charge in [-0.25, -0.2) is 0 Å². The topological polar surface area (TPSA) is 73.6 Å². The van der Waals surface area contributed by atoms with Crippen LogP contribution in [0.5, 0.6) is 5.75 Å². The van der Waals surface area contributed by atoms with Crippen molar-refractivity contribution < 1.29 is 14.4 Å². The first kappa shape index (κ1) is 17.2. The van der Waals surface area contributed by atoms with Gasteiger partial charge >= 0.3 is 5.69 Å². The van der Waals surface area contributed by atoms with Gasteiger partial charge in [0.25, 0.3) is 0 Å². The third-order valence-corrected chi connectivity index (χ3v) is 2.91. The average Bonchev–Trinajstić information content (AvgIpc) is 2.38. The van der Waals surface area contributed by atoms with Crippen molar-refractivity contribution in [3.63, 3.8) is 0 Å². The van der Waals surface area contributed by atoms with Crippen molar-refractivity contribution in [3.05, 3.63) is 28.3 Å². The lowest BCUT2D eigenvalue weighted by atomic mass is 10.1. The zero-order valence-corrected chi connectivity index (χ0v) is 13.1. The second-order valence-electron chi connectivity index (χ2n) is 5.16. The molecule has 0 heterocycles. The van der Waals surface area contributed by atoms with Gasteiger partial charge in [0, 0.05) is 13.2 Å². The van der Waals surface area contributed by atoms with E-state index in [-0.39, 0.29) is 23.6 Å². The second-order valence-corrected chi connectivity index (χ2v) is 5.16. The smallest absolute Gasteiger partial charge is 0.333 e. The molecule has 1 unspecified atom stereocenters. The van der Waals surface area contributed by atoms with Gasteiger partial charge in [-0.2, -0.15) is 0 Å². The second kappa shape index (κ2) is 8.46. The number of hydrogen-bond donors (Lipinski definition) is 1. The van der Waals surface area contributed by atoms with Crippen LogP contribution < -0.4 is 10.1 Å². The summed E-state index contributed by atoms with van der Waals surface area (Å²) in [4.78, 5) is 11.0. The van der Waals surface area contributed by atoms with E-state index in [9.17, 15) is 10.1 Å². The summed E-state index contributed by atoms with van der Waals surface area (Å²) in [6.45, 7) is 6.25. The third kappa shape index (κ3) is 5.23. The summed E-state index contributed by atoms with van der Waals surface area (Å²) >= 11 is 0. The Kier molecular flexibility index (Phi) is 6.94. The van der Waals surface area contributed by atoms with Gasteiger partial charge in [-0.1, -0.05) is 19.4 Å². The largest absolute Gasteiger partial charge is 0.484 e. The molecule has 1 aromatic rings. The van der Waals surface area contributed by atoms with Crippen LogP contribution in [0, 0.1) is 10.1 Å². The number of nitrogens with zero attached hydrogens (tertiary/aromatic N) is 1. The van der Waals surface area contributed by atoms with Crippen LogP contribution >= 0.6 is 0 Å². The molecule has 1 atom stereocenters. The molecule has 0 aliphatic rings. The van der Waals surface area contributed by atoms with Crippen LogP contribution in [-0.2, 0) is 4.74 Å². The molecule has 0 radical (unpaired) electrons. The lowest BCUT2D eigenvalue weighted by Gasteiger charge is -2.19. The molecule has 0 aliphatic heterocycles. The van der Waals surface area contributed by atoms with Gasteiger partial charge in [0.1, 0.15) is 5.69 Å². The first-order valence-corrected chi connectivity index (χ1v) is 7.19. The van der Waals surface area contributed by atoms with Crippen molar-refractivity contribution in [1.29, 1.82) is 0 Å². The molecule has 0 amide bonds. The molecule has 0 aliphatic carbocycles. The summed E-state index contributed by atoms with van der Waals surface area (Å²) < 4.78 is 10.7. The van der Waals surface area contributed by atoms with E-state index in [2.05, 4.69) is 12.2 Å². The van der Waals surface area contributed by atoms with Gasteiger partial charge in [0.15, 0.2) is 5.75 Å². The molecule has 21 heavy (non-hydrogen) atoms. The number of benzene rings is 1. The fourth-order valence-electron chi connectivity index (χ4n) is 2.14. The Balaban J connectivity index is 3.07. The number of methoxy groups -OCH3 is 1. The Morgan fingerprint density at radius 3 is 2.62 bits per heavy atom. The molecule has 6 nitrogen and oxygen atoms in total. The highest BCUT2D eigenvalue weighted by Gasteiger charge is 2.23. The van der Waals surface area contributed by atoms with Crippen molar-refractivity contribution in [2.24, 2.45) is 0 Å². The van der Waals surface area contributed by atoms with Gasteiger partial charge in [0.05, 0.1) is 17.6 Å². The summed E-state index contributed by atoms with van der Waals surface area (Å²) in [6, 6.07) is 5.11. The van der Waals surface area contributed by atoms with E-state index in [4.69, 9.17) is 9.47 Å². The predicted molar refractivity (Wildman–Crippen MR) is 83.1 cm³/mol. The highest BCUT2D eigenvalue weighted by atomic mass is 16.6. The van der Waals surface area contributed by atoms with Crippen LogP contribution in [0.25, 0.3) is 0 Å². The van der Waals surface area contributed by atoms with Crippen LogP contribution in [-0.4, -0.2) is 30.8 Å².